The highest BCUT2D eigenvalue weighted by molar-refractivity contribution is 5.81. The minimum absolute atomic E-state index is 0.728. The summed E-state index contributed by atoms with van der Waals surface area (Å²) in [7, 11) is 0. The van der Waals surface area contributed by atoms with E-state index in [1.54, 1.807) is 0 Å². The highest BCUT2D eigenvalue weighted by Crippen LogP contribution is 2.05. The van der Waals surface area contributed by atoms with E-state index in [1.807, 2.05) is 0 Å². The topological polar surface area (TPSA) is 156 Å². The molecule has 16 heavy (non-hydrogen) atoms. The van der Waals surface area contributed by atoms with Crippen LogP contribution in [0.25, 0.3) is 0 Å². The second-order valence-electron chi connectivity index (χ2n) is 3.47. The SMILES string of the molecule is CC(N)NC(=O)[C@H](O)[C@@H](O)[C@H](O)[C@H](O)CO. The Kier molecular flexibility index (Phi) is 6.41. The van der Waals surface area contributed by atoms with Gasteiger partial charge in [0.05, 0.1) is 12.8 Å². The van der Waals surface area contributed by atoms with Crippen molar-refractivity contribution >= 4 is 5.91 Å². The van der Waals surface area contributed by atoms with Crippen molar-refractivity contribution in [1.82, 2.24) is 5.32 Å². The Labute approximate surface area is 92.3 Å². The van der Waals surface area contributed by atoms with Gasteiger partial charge in [0.15, 0.2) is 6.10 Å². The summed E-state index contributed by atoms with van der Waals surface area (Å²) in [6.07, 6.45) is -8.07. The van der Waals surface area contributed by atoms with Crippen molar-refractivity contribution < 1.29 is 30.3 Å². The molecular weight excluding hydrogens is 220 g/mol. The number of hydrogen-bond donors (Lipinski definition) is 7. The predicted octanol–water partition coefficient (Wildman–Crippen LogP) is -4.16. The molecule has 0 aromatic rings. The lowest BCUT2D eigenvalue weighted by molar-refractivity contribution is -0.149. The molecule has 8 N–H and O–H groups in total. The first kappa shape index (κ1) is 15.2. The van der Waals surface area contributed by atoms with Crippen LogP contribution in [0.4, 0.5) is 0 Å². The van der Waals surface area contributed by atoms with Gasteiger partial charge in [-0.2, -0.15) is 0 Å². The molecule has 0 aliphatic heterocycles. The number of hydrogen-bond acceptors (Lipinski definition) is 7. The number of nitrogens with one attached hydrogen (secondary N) is 1. The molecule has 5 atom stereocenters. The van der Waals surface area contributed by atoms with E-state index in [9.17, 15) is 20.1 Å². The minimum Gasteiger partial charge on any atom is -0.394 e. The lowest BCUT2D eigenvalue weighted by atomic mass is 10.0. The standard InChI is InChI=1S/C8H18N2O6/c1-3(9)10-8(16)7(15)6(14)5(13)4(12)2-11/h3-7,11-15H,2,9H2,1H3,(H,10,16)/t3?,4-,5-,6+,7-/m1/s1. The highest BCUT2D eigenvalue weighted by Gasteiger charge is 2.34. The van der Waals surface area contributed by atoms with Crippen LogP contribution in [0.15, 0.2) is 0 Å². The van der Waals surface area contributed by atoms with Crippen molar-refractivity contribution in [2.75, 3.05) is 6.61 Å². The van der Waals surface area contributed by atoms with Gasteiger partial charge in [-0.05, 0) is 6.92 Å². The lowest BCUT2D eigenvalue weighted by Crippen LogP contribution is -2.54. The first-order valence-corrected chi connectivity index (χ1v) is 4.70. The zero-order valence-corrected chi connectivity index (χ0v) is 8.82. The molecule has 0 bridgehead atoms. The molecule has 0 saturated heterocycles. The van der Waals surface area contributed by atoms with Crippen LogP contribution in [-0.2, 0) is 4.79 Å². The zero-order chi connectivity index (χ0) is 12.9. The van der Waals surface area contributed by atoms with E-state index in [1.165, 1.54) is 6.92 Å². The normalized spacial score (nSPS) is 20.7. The fraction of sp³-hybridized carbons (Fsp3) is 0.875. The lowest BCUT2D eigenvalue weighted by Gasteiger charge is -2.25. The first-order chi connectivity index (χ1) is 7.31. The van der Waals surface area contributed by atoms with Gasteiger partial charge in [-0.3, -0.25) is 4.79 Å². The third-order valence-corrected chi connectivity index (χ3v) is 1.89. The molecule has 96 valence electrons. The van der Waals surface area contributed by atoms with Crippen molar-refractivity contribution in [1.29, 1.82) is 0 Å². The molecule has 8 heteroatoms. The predicted molar refractivity (Wildman–Crippen MR) is 52.9 cm³/mol. The molecule has 0 radical (unpaired) electrons. The van der Waals surface area contributed by atoms with Crippen LogP contribution in [0, 0.1) is 0 Å². The summed E-state index contributed by atoms with van der Waals surface area (Å²) >= 11 is 0. The summed E-state index contributed by atoms with van der Waals surface area (Å²) in [6, 6.07) is 0. The Hall–Kier alpha value is -0.770. The van der Waals surface area contributed by atoms with E-state index >= 15 is 0 Å². The Morgan fingerprint density at radius 3 is 2.12 bits per heavy atom. The van der Waals surface area contributed by atoms with Crippen molar-refractivity contribution in [3.8, 4) is 0 Å². The summed E-state index contributed by atoms with van der Waals surface area (Å²) < 4.78 is 0. The molecule has 0 aromatic heterocycles. The quantitative estimate of drug-likeness (QED) is 0.231. The largest absolute Gasteiger partial charge is 0.394 e. The van der Waals surface area contributed by atoms with Gasteiger partial charge in [-0.1, -0.05) is 0 Å². The molecule has 1 unspecified atom stereocenters. The van der Waals surface area contributed by atoms with E-state index in [0.717, 1.165) is 0 Å². The number of carbonyl (C=O) groups excluding carboxylic acids is 1. The molecule has 0 spiro atoms. The van der Waals surface area contributed by atoms with Gasteiger partial charge in [0.2, 0.25) is 0 Å². The minimum atomic E-state index is -1.94. The molecule has 1 amide bonds. The van der Waals surface area contributed by atoms with Crippen LogP contribution in [-0.4, -0.2) is 68.6 Å². The summed E-state index contributed by atoms with van der Waals surface area (Å²) in [5.74, 6) is -0.980. The average Bonchev–Trinajstić information content (AvgIpc) is 2.23. The van der Waals surface area contributed by atoms with Crippen molar-refractivity contribution in [2.45, 2.75) is 37.5 Å². The third kappa shape index (κ3) is 4.39. The van der Waals surface area contributed by atoms with Crippen molar-refractivity contribution in [3.63, 3.8) is 0 Å². The summed E-state index contributed by atoms with van der Waals surface area (Å²) in [4.78, 5) is 11.2. The van der Waals surface area contributed by atoms with Gasteiger partial charge in [-0.15, -0.1) is 0 Å². The van der Waals surface area contributed by atoms with Gasteiger partial charge < -0.3 is 36.6 Å². The van der Waals surface area contributed by atoms with E-state index in [2.05, 4.69) is 5.32 Å². The van der Waals surface area contributed by atoms with Gasteiger partial charge in [0.1, 0.15) is 18.3 Å². The zero-order valence-electron chi connectivity index (χ0n) is 8.82. The Morgan fingerprint density at radius 1 is 1.25 bits per heavy atom. The van der Waals surface area contributed by atoms with Crippen LogP contribution in [0.2, 0.25) is 0 Å². The molecule has 0 saturated carbocycles. The maximum absolute atomic E-state index is 11.2. The molecule has 0 fully saturated rings. The maximum atomic E-state index is 11.2. The molecule has 0 aliphatic rings. The molecule has 0 heterocycles. The van der Waals surface area contributed by atoms with Crippen LogP contribution in [0.3, 0.4) is 0 Å². The summed E-state index contributed by atoms with van der Waals surface area (Å²) in [6.45, 7) is 0.635. The Balaban J connectivity index is 4.36. The van der Waals surface area contributed by atoms with E-state index in [-0.39, 0.29) is 0 Å². The van der Waals surface area contributed by atoms with E-state index in [4.69, 9.17) is 15.9 Å². The van der Waals surface area contributed by atoms with Crippen LogP contribution in [0.1, 0.15) is 6.92 Å². The number of aliphatic hydroxyl groups is 5. The summed E-state index contributed by atoms with van der Waals surface area (Å²) in [5.41, 5.74) is 5.22. The number of rotatable bonds is 6. The highest BCUT2D eigenvalue weighted by atomic mass is 16.4. The second-order valence-corrected chi connectivity index (χ2v) is 3.47. The molecule has 8 nitrogen and oxygen atoms in total. The molecule has 0 aromatic carbocycles. The molecule has 0 rings (SSSR count). The third-order valence-electron chi connectivity index (χ3n) is 1.89. The van der Waals surface area contributed by atoms with Gasteiger partial charge >= 0.3 is 0 Å². The van der Waals surface area contributed by atoms with Gasteiger partial charge in [0, 0.05) is 0 Å². The second kappa shape index (κ2) is 6.74. The smallest absolute Gasteiger partial charge is 0.252 e. The Morgan fingerprint density at radius 2 is 1.75 bits per heavy atom. The van der Waals surface area contributed by atoms with Gasteiger partial charge in [-0.25, -0.2) is 0 Å². The summed E-state index contributed by atoms with van der Waals surface area (Å²) in [5, 5.41) is 47.4. The van der Waals surface area contributed by atoms with Gasteiger partial charge in [0.25, 0.3) is 5.91 Å². The van der Waals surface area contributed by atoms with E-state index < -0.39 is 43.1 Å². The van der Waals surface area contributed by atoms with Crippen LogP contribution >= 0.6 is 0 Å². The number of carbonyl (C=O) groups is 1. The van der Waals surface area contributed by atoms with Crippen LogP contribution < -0.4 is 11.1 Å². The van der Waals surface area contributed by atoms with Crippen LogP contribution in [0.5, 0.6) is 0 Å². The number of amides is 1. The number of nitrogens with two attached hydrogens (primary N) is 1. The van der Waals surface area contributed by atoms with Crippen molar-refractivity contribution in [3.05, 3.63) is 0 Å². The maximum Gasteiger partial charge on any atom is 0.252 e. The Bertz CT molecular complexity index is 225. The average molecular weight is 238 g/mol. The number of aliphatic hydroxyl groups excluding tert-OH is 5. The molecule has 0 aliphatic carbocycles. The monoisotopic (exact) mass is 238 g/mol. The van der Waals surface area contributed by atoms with Crippen molar-refractivity contribution in [2.24, 2.45) is 5.73 Å². The van der Waals surface area contributed by atoms with E-state index in [0.29, 0.717) is 0 Å². The fourth-order valence-corrected chi connectivity index (χ4v) is 0.987. The first-order valence-electron chi connectivity index (χ1n) is 4.70. The fourth-order valence-electron chi connectivity index (χ4n) is 0.987. The molecular formula is C8H18N2O6.